The van der Waals surface area contributed by atoms with Gasteiger partial charge in [0.1, 0.15) is 12.4 Å². The molecule has 0 unspecified atom stereocenters. The SMILES string of the molecule is O=C(Cn1c(=O)oc2cc([N+](=O)[O-])ccc21)Nc1ccc(F)cc1. The summed E-state index contributed by atoms with van der Waals surface area (Å²) in [5, 5.41) is 13.2. The molecule has 1 amide bonds. The molecule has 0 fully saturated rings. The van der Waals surface area contributed by atoms with Gasteiger partial charge in [0.05, 0.1) is 16.5 Å². The molecule has 3 aromatic rings. The first-order valence-electron chi connectivity index (χ1n) is 6.77. The lowest BCUT2D eigenvalue weighted by molar-refractivity contribution is -0.384. The molecule has 9 heteroatoms. The molecule has 0 saturated heterocycles. The number of carbonyl (C=O) groups excluding carboxylic acids is 1. The fourth-order valence-corrected chi connectivity index (χ4v) is 2.20. The zero-order valence-corrected chi connectivity index (χ0v) is 12.1. The highest BCUT2D eigenvalue weighted by Gasteiger charge is 2.16. The molecular weight excluding hydrogens is 321 g/mol. The van der Waals surface area contributed by atoms with Crippen LogP contribution in [0, 0.1) is 15.9 Å². The number of hydrogen-bond donors (Lipinski definition) is 1. The second-order valence-corrected chi connectivity index (χ2v) is 4.92. The van der Waals surface area contributed by atoms with Gasteiger partial charge in [0.2, 0.25) is 5.91 Å². The summed E-state index contributed by atoms with van der Waals surface area (Å²) < 4.78 is 18.8. The van der Waals surface area contributed by atoms with E-state index in [4.69, 9.17) is 4.42 Å². The van der Waals surface area contributed by atoms with E-state index in [-0.39, 0.29) is 23.3 Å². The Morgan fingerprint density at radius 1 is 1.25 bits per heavy atom. The zero-order valence-electron chi connectivity index (χ0n) is 12.1. The Bertz CT molecular complexity index is 991. The van der Waals surface area contributed by atoms with Crippen molar-refractivity contribution in [2.45, 2.75) is 6.54 Å². The number of carbonyl (C=O) groups is 1. The number of hydrogen-bond acceptors (Lipinski definition) is 5. The smallest absolute Gasteiger partial charge is 0.407 e. The van der Waals surface area contributed by atoms with E-state index >= 15 is 0 Å². The molecule has 0 spiro atoms. The summed E-state index contributed by atoms with van der Waals surface area (Å²) in [6.45, 7) is -0.346. The van der Waals surface area contributed by atoms with Crippen molar-refractivity contribution in [1.82, 2.24) is 4.57 Å². The van der Waals surface area contributed by atoms with E-state index in [0.29, 0.717) is 5.69 Å². The quantitative estimate of drug-likeness (QED) is 0.583. The second-order valence-electron chi connectivity index (χ2n) is 4.92. The summed E-state index contributed by atoms with van der Waals surface area (Å²) in [6.07, 6.45) is 0. The van der Waals surface area contributed by atoms with Gasteiger partial charge in [-0.15, -0.1) is 0 Å². The van der Waals surface area contributed by atoms with Gasteiger partial charge in [-0.2, -0.15) is 0 Å². The van der Waals surface area contributed by atoms with Crippen molar-refractivity contribution >= 4 is 28.4 Å². The van der Waals surface area contributed by atoms with Gasteiger partial charge in [-0.25, -0.2) is 9.18 Å². The van der Waals surface area contributed by atoms with Gasteiger partial charge in [-0.3, -0.25) is 19.5 Å². The maximum atomic E-state index is 12.8. The zero-order chi connectivity index (χ0) is 17.3. The lowest BCUT2D eigenvalue weighted by atomic mass is 10.3. The maximum Gasteiger partial charge on any atom is 0.420 e. The molecule has 122 valence electrons. The highest BCUT2D eigenvalue weighted by Crippen LogP contribution is 2.20. The number of rotatable bonds is 4. The van der Waals surface area contributed by atoms with Crippen LogP contribution in [0.1, 0.15) is 0 Å². The Morgan fingerprint density at radius 2 is 1.96 bits per heavy atom. The molecule has 0 aliphatic heterocycles. The molecule has 1 heterocycles. The van der Waals surface area contributed by atoms with E-state index in [1.165, 1.54) is 36.4 Å². The van der Waals surface area contributed by atoms with Gasteiger partial charge in [0, 0.05) is 11.8 Å². The summed E-state index contributed by atoms with van der Waals surface area (Å²) in [5.74, 6) is -1.77. The molecule has 0 atom stereocenters. The number of oxazole rings is 1. The van der Waals surface area contributed by atoms with Crippen molar-refractivity contribution in [2.75, 3.05) is 5.32 Å². The van der Waals surface area contributed by atoms with Gasteiger partial charge in [0.15, 0.2) is 5.58 Å². The average molecular weight is 331 g/mol. The van der Waals surface area contributed by atoms with Crippen LogP contribution in [-0.4, -0.2) is 15.4 Å². The van der Waals surface area contributed by atoms with Gasteiger partial charge < -0.3 is 9.73 Å². The monoisotopic (exact) mass is 331 g/mol. The van der Waals surface area contributed by atoms with E-state index < -0.39 is 22.4 Å². The van der Waals surface area contributed by atoms with E-state index in [9.17, 15) is 24.1 Å². The molecule has 0 radical (unpaired) electrons. The van der Waals surface area contributed by atoms with E-state index in [1.54, 1.807) is 0 Å². The second kappa shape index (κ2) is 5.95. The topological polar surface area (TPSA) is 107 Å². The Balaban J connectivity index is 1.85. The third-order valence-corrected chi connectivity index (χ3v) is 3.29. The predicted molar refractivity (Wildman–Crippen MR) is 82.2 cm³/mol. The molecule has 0 aliphatic carbocycles. The first kappa shape index (κ1) is 15.4. The molecule has 24 heavy (non-hydrogen) atoms. The van der Waals surface area contributed by atoms with Crippen molar-refractivity contribution in [1.29, 1.82) is 0 Å². The Labute approximate surface area is 133 Å². The van der Waals surface area contributed by atoms with Gasteiger partial charge in [0.25, 0.3) is 5.69 Å². The summed E-state index contributed by atoms with van der Waals surface area (Å²) >= 11 is 0. The lowest BCUT2D eigenvalue weighted by Crippen LogP contribution is -2.24. The normalized spacial score (nSPS) is 10.7. The van der Waals surface area contributed by atoms with Crippen LogP contribution < -0.4 is 11.1 Å². The van der Waals surface area contributed by atoms with E-state index in [1.807, 2.05) is 0 Å². The molecular formula is C15H10FN3O5. The molecule has 0 saturated carbocycles. The molecule has 0 bridgehead atoms. The van der Waals surface area contributed by atoms with Crippen molar-refractivity contribution in [3.8, 4) is 0 Å². The standard InChI is InChI=1S/C15H10FN3O5/c16-9-1-3-10(4-2-9)17-14(20)8-18-12-6-5-11(19(22)23)7-13(12)24-15(18)21/h1-7H,8H2,(H,17,20). The van der Waals surface area contributed by atoms with Crippen LogP contribution in [0.5, 0.6) is 0 Å². The fraction of sp³-hybridized carbons (Fsp3) is 0.0667. The summed E-state index contributed by atoms with van der Waals surface area (Å²) in [6, 6.07) is 8.81. The van der Waals surface area contributed by atoms with Crippen LogP contribution in [-0.2, 0) is 11.3 Å². The van der Waals surface area contributed by atoms with Crippen LogP contribution in [0.25, 0.3) is 11.1 Å². The lowest BCUT2D eigenvalue weighted by Gasteiger charge is -2.05. The number of anilines is 1. The molecule has 2 aromatic carbocycles. The van der Waals surface area contributed by atoms with Crippen LogP contribution >= 0.6 is 0 Å². The number of halogens is 1. The minimum absolute atomic E-state index is 0.0174. The first-order chi connectivity index (χ1) is 11.4. The Kier molecular flexibility index (Phi) is 3.82. The highest BCUT2D eigenvalue weighted by atomic mass is 19.1. The maximum absolute atomic E-state index is 12.8. The van der Waals surface area contributed by atoms with Crippen LogP contribution in [0.15, 0.2) is 51.7 Å². The Hall–Kier alpha value is -3.49. The van der Waals surface area contributed by atoms with Crippen LogP contribution in [0.2, 0.25) is 0 Å². The Morgan fingerprint density at radius 3 is 2.62 bits per heavy atom. The van der Waals surface area contributed by atoms with E-state index in [2.05, 4.69) is 5.32 Å². The van der Waals surface area contributed by atoms with E-state index in [0.717, 1.165) is 10.6 Å². The first-order valence-corrected chi connectivity index (χ1v) is 6.77. The van der Waals surface area contributed by atoms with Crippen molar-refractivity contribution < 1.29 is 18.5 Å². The minimum atomic E-state index is -0.806. The minimum Gasteiger partial charge on any atom is -0.407 e. The summed E-state index contributed by atoms with van der Waals surface area (Å²) in [5.41, 5.74) is 0.431. The number of nitro benzene ring substituents is 1. The largest absolute Gasteiger partial charge is 0.420 e. The average Bonchev–Trinajstić information content (AvgIpc) is 2.84. The molecule has 8 nitrogen and oxygen atoms in total. The summed E-state index contributed by atoms with van der Waals surface area (Å²) in [7, 11) is 0. The number of fused-ring (bicyclic) bond motifs is 1. The molecule has 1 N–H and O–H groups in total. The number of amides is 1. The van der Waals surface area contributed by atoms with Gasteiger partial charge in [-0.1, -0.05) is 0 Å². The van der Waals surface area contributed by atoms with Crippen LogP contribution in [0.4, 0.5) is 15.8 Å². The molecule has 3 rings (SSSR count). The number of aromatic nitrogens is 1. The third-order valence-electron chi connectivity index (χ3n) is 3.29. The van der Waals surface area contributed by atoms with Crippen LogP contribution in [0.3, 0.4) is 0 Å². The van der Waals surface area contributed by atoms with Crippen molar-refractivity contribution in [3.63, 3.8) is 0 Å². The third kappa shape index (κ3) is 3.00. The number of nitrogens with zero attached hydrogens (tertiary/aromatic N) is 2. The number of non-ortho nitro benzene ring substituents is 1. The highest BCUT2D eigenvalue weighted by molar-refractivity contribution is 5.91. The number of nitro groups is 1. The van der Waals surface area contributed by atoms with Gasteiger partial charge >= 0.3 is 5.76 Å². The summed E-state index contributed by atoms with van der Waals surface area (Å²) in [4.78, 5) is 34.0. The van der Waals surface area contributed by atoms with Crippen molar-refractivity contribution in [3.05, 3.63) is 68.9 Å². The predicted octanol–water partition coefficient (Wildman–Crippen LogP) is 2.28. The van der Waals surface area contributed by atoms with Gasteiger partial charge in [-0.05, 0) is 30.3 Å². The molecule has 0 aliphatic rings. The fourth-order valence-electron chi connectivity index (χ4n) is 2.20. The van der Waals surface area contributed by atoms with Crippen molar-refractivity contribution in [2.24, 2.45) is 0 Å². The number of nitrogens with one attached hydrogen (secondary N) is 1. The molecule has 1 aromatic heterocycles. The number of benzene rings is 2.